The summed E-state index contributed by atoms with van der Waals surface area (Å²) >= 11 is 4.19. The number of carbonyl (C=O) groups excluding carboxylic acids is 2. The number of hydrogen-bond donors (Lipinski definition) is 4. The molecule has 38 heavy (non-hydrogen) atoms. The number of H-pyrrole nitrogens is 1. The summed E-state index contributed by atoms with van der Waals surface area (Å²) in [6, 6.07) is 6.23. The molecule has 196 valence electrons. The lowest BCUT2D eigenvalue weighted by molar-refractivity contribution is -0.130. The molecule has 2 amide bonds. The number of amides is 2. The maximum atomic E-state index is 14.5. The molecule has 2 aliphatic rings. The molecule has 3 aromatic rings. The number of carbonyl (C=O) groups is 2. The van der Waals surface area contributed by atoms with Crippen molar-refractivity contribution in [2.24, 2.45) is 0 Å². The second-order valence-corrected chi connectivity index (χ2v) is 9.54. The van der Waals surface area contributed by atoms with Crippen molar-refractivity contribution in [2.75, 3.05) is 31.3 Å². The number of pyridine rings is 1. The van der Waals surface area contributed by atoms with Crippen LogP contribution in [0.3, 0.4) is 0 Å². The van der Waals surface area contributed by atoms with Crippen molar-refractivity contribution in [3.8, 4) is 28.8 Å². The predicted octanol–water partition coefficient (Wildman–Crippen LogP) is 3.92. The summed E-state index contributed by atoms with van der Waals surface area (Å²) in [6.45, 7) is 1.20. The molecule has 1 saturated heterocycles. The fourth-order valence-electron chi connectivity index (χ4n) is 4.98. The normalized spacial score (nSPS) is 16.3. The summed E-state index contributed by atoms with van der Waals surface area (Å²) < 4.78 is 19.7. The predicted molar refractivity (Wildman–Crippen MR) is 146 cm³/mol. The van der Waals surface area contributed by atoms with E-state index in [9.17, 15) is 14.0 Å². The highest BCUT2D eigenvalue weighted by molar-refractivity contribution is 7.80. The van der Waals surface area contributed by atoms with Gasteiger partial charge in [0, 0.05) is 49.6 Å². The first-order valence-corrected chi connectivity index (χ1v) is 13.1. The van der Waals surface area contributed by atoms with E-state index in [2.05, 4.69) is 45.1 Å². The molecule has 5 rings (SSSR count). The van der Waals surface area contributed by atoms with Gasteiger partial charge in [-0.2, -0.15) is 12.6 Å². The average molecular weight is 534 g/mol. The Morgan fingerprint density at radius 3 is 3.05 bits per heavy atom. The molecule has 0 radical (unpaired) electrons. The number of anilines is 2. The third kappa shape index (κ3) is 4.94. The number of nitrogens with zero attached hydrogens (tertiary/aromatic N) is 2. The Morgan fingerprint density at radius 1 is 1.37 bits per heavy atom. The quantitative estimate of drug-likeness (QED) is 0.284. The van der Waals surface area contributed by atoms with Crippen LogP contribution in [0.15, 0.2) is 36.7 Å². The Hall–Kier alpha value is -3.97. The molecule has 10 heteroatoms. The minimum Gasteiger partial charge on any atom is -0.492 e. The molecule has 0 saturated carbocycles. The molecule has 0 spiro atoms. The van der Waals surface area contributed by atoms with Crippen LogP contribution in [0.25, 0.3) is 11.3 Å². The summed E-state index contributed by atoms with van der Waals surface area (Å²) in [5, 5.41) is 6.13. The van der Waals surface area contributed by atoms with E-state index in [0.29, 0.717) is 59.9 Å². The summed E-state index contributed by atoms with van der Waals surface area (Å²) in [5.41, 5.74) is 4.15. The van der Waals surface area contributed by atoms with Gasteiger partial charge in [0.05, 0.1) is 41.3 Å². The number of aromatic nitrogens is 2. The number of aromatic amines is 1. The standard InChI is InChI=1S/C28H28FN5O3S/c1-37-27-20(29)5-2-6-22(27)33-26-24-21(10-13-31-28(24)36)32-25(26)19-9-12-30-16-17(19)7-8-18-4-3-14-34(18)23(35)11-15-38/h2,5-6,9,12,16,18,32-33,38H,3-4,10-11,13-15H2,1H3,(H,31,36)/t18-/m1/s1. The Balaban J connectivity index is 1.58. The van der Waals surface area contributed by atoms with Gasteiger partial charge in [0.15, 0.2) is 11.6 Å². The van der Waals surface area contributed by atoms with Gasteiger partial charge in [-0.25, -0.2) is 4.39 Å². The summed E-state index contributed by atoms with van der Waals surface area (Å²) in [5.74, 6) is 6.37. The Labute approximate surface area is 225 Å². The van der Waals surface area contributed by atoms with Gasteiger partial charge in [0.2, 0.25) is 5.91 Å². The Morgan fingerprint density at radius 2 is 2.24 bits per heavy atom. The number of methoxy groups -OCH3 is 1. The van der Waals surface area contributed by atoms with Crippen molar-refractivity contribution < 1.29 is 18.7 Å². The first-order chi connectivity index (χ1) is 18.5. The molecule has 1 aromatic carbocycles. The maximum absolute atomic E-state index is 14.5. The third-order valence-electron chi connectivity index (χ3n) is 6.76. The number of para-hydroxylation sites is 1. The maximum Gasteiger partial charge on any atom is 0.255 e. The molecule has 8 nitrogen and oxygen atoms in total. The summed E-state index contributed by atoms with van der Waals surface area (Å²) in [6.07, 6.45) is 6.04. The van der Waals surface area contributed by atoms with Crippen LogP contribution in [-0.2, 0) is 11.2 Å². The van der Waals surface area contributed by atoms with E-state index in [1.807, 2.05) is 11.0 Å². The highest BCUT2D eigenvalue weighted by Gasteiger charge is 2.29. The topological polar surface area (TPSA) is 99.3 Å². The van der Waals surface area contributed by atoms with Crippen molar-refractivity contribution >= 4 is 35.8 Å². The largest absolute Gasteiger partial charge is 0.492 e. The number of halogens is 1. The third-order valence-corrected chi connectivity index (χ3v) is 6.98. The molecule has 1 atom stereocenters. The number of benzene rings is 1. The van der Waals surface area contributed by atoms with E-state index in [-0.39, 0.29) is 23.6 Å². The Kier molecular flexibility index (Phi) is 7.56. The van der Waals surface area contributed by atoms with Crippen LogP contribution < -0.4 is 15.4 Å². The first-order valence-electron chi connectivity index (χ1n) is 12.5. The highest BCUT2D eigenvalue weighted by Crippen LogP contribution is 2.40. The lowest BCUT2D eigenvalue weighted by Gasteiger charge is -2.20. The van der Waals surface area contributed by atoms with E-state index in [1.54, 1.807) is 24.5 Å². The van der Waals surface area contributed by atoms with Crippen molar-refractivity contribution in [1.29, 1.82) is 0 Å². The second-order valence-electron chi connectivity index (χ2n) is 9.09. The van der Waals surface area contributed by atoms with E-state index >= 15 is 0 Å². The molecular weight excluding hydrogens is 505 g/mol. The van der Waals surface area contributed by atoms with Crippen LogP contribution >= 0.6 is 12.6 Å². The van der Waals surface area contributed by atoms with Crippen LogP contribution in [0.1, 0.15) is 40.9 Å². The lowest BCUT2D eigenvalue weighted by Crippen LogP contribution is -2.34. The number of fused-ring (bicyclic) bond motifs is 1. The van der Waals surface area contributed by atoms with Crippen molar-refractivity contribution in [3.63, 3.8) is 0 Å². The van der Waals surface area contributed by atoms with Crippen LogP contribution in [0.2, 0.25) is 0 Å². The molecule has 1 fully saturated rings. The number of rotatable bonds is 6. The molecule has 3 N–H and O–H groups in total. The molecule has 2 aromatic heterocycles. The van der Waals surface area contributed by atoms with Gasteiger partial charge in [0.25, 0.3) is 5.91 Å². The lowest BCUT2D eigenvalue weighted by atomic mass is 10.0. The van der Waals surface area contributed by atoms with Crippen LogP contribution in [-0.4, -0.2) is 58.7 Å². The zero-order valence-electron chi connectivity index (χ0n) is 20.9. The van der Waals surface area contributed by atoms with Gasteiger partial charge >= 0.3 is 0 Å². The van der Waals surface area contributed by atoms with Crippen molar-refractivity contribution in [3.05, 3.63) is 59.3 Å². The van der Waals surface area contributed by atoms with Crippen LogP contribution in [0.4, 0.5) is 15.8 Å². The minimum atomic E-state index is -0.517. The highest BCUT2D eigenvalue weighted by atomic mass is 32.1. The van der Waals surface area contributed by atoms with E-state index in [4.69, 9.17) is 4.74 Å². The molecular formula is C28H28FN5O3S. The molecule has 2 aliphatic heterocycles. The van der Waals surface area contributed by atoms with Gasteiger partial charge < -0.3 is 25.3 Å². The van der Waals surface area contributed by atoms with Crippen molar-refractivity contribution in [1.82, 2.24) is 20.2 Å². The monoisotopic (exact) mass is 533 g/mol. The average Bonchev–Trinajstić information content (AvgIpc) is 3.53. The smallest absolute Gasteiger partial charge is 0.255 e. The Bertz CT molecular complexity index is 1440. The summed E-state index contributed by atoms with van der Waals surface area (Å²) in [7, 11) is 1.40. The minimum absolute atomic E-state index is 0.0477. The van der Waals surface area contributed by atoms with Crippen LogP contribution in [0.5, 0.6) is 5.75 Å². The van der Waals surface area contributed by atoms with E-state index < -0.39 is 5.82 Å². The van der Waals surface area contributed by atoms with Crippen molar-refractivity contribution in [2.45, 2.75) is 31.7 Å². The van der Waals surface area contributed by atoms with E-state index in [1.165, 1.54) is 13.2 Å². The van der Waals surface area contributed by atoms with Gasteiger partial charge in [-0.1, -0.05) is 17.9 Å². The number of likely N-dealkylation sites (tertiary alicyclic amines) is 1. The SMILES string of the molecule is COc1c(F)cccc1Nc1c(-c2ccncc2C#C[C@H]2CCCN2C(=O)CCS)[nH]c2c1C(=O)NCC2. The van der Waals surface area contributed by atoms with Crippen LogP contribution in [0, 0.1) is 17.7 Å². The zero-order valence-corrected chi connectivity index (χ0v) is 21.8. The summed E-state index contributed by atoms with van der Waals surface area (Å²) in [4.78, 5) is 34.9. The fourth-order valence-corrected chi connectivity index (χ4v) is 5.17. The number of thiol groups is 1. The molecule has 4 heterocycles. The zero-order chi connectivity index (χ0) is 26.6. The molecule has 0 bridgehead atoms. The molecule has 0 aliphatic carbocycles. The van der Waals surface area contributed by atoms with Gasteiger partial charge in [-0.05, 0) is 36.8 Å². The van der Waals surface area contributed by atoms with Gasteiger partial charge in [-0.3, -0.25) is 14.6 Å². The van der Waals surface area contributed by atoms with Gasteiger partial charge in [-0.15, -0.1) is 0 Å². The number of ether oxygens (including phenoxy) is 1. The number of hydrogen-bond acceptors (Lipinski definition) is 6. The molecule has 0 unspecified atom stereocenters. The number of nitrogens with one attached hydrogen (secondary N) is 3. The second kappa shape index (κ2) is 11.2. The fraction of sp³-hybridized carbons (Fsp3) is 0.321. The first kappa shape index (κ1) is 25.7. The van der Waals surface area contributed by atoms with Gasteiger partial charge in [0.1, 0.15) is 0 Å². The van der Waals surface area contributed by atoms with E-state index in [0.717, 1.165) is 24.1 Å².